The Balaban J connectivity index is 2.01. The molecule has 2 aromatic carbocycles. The third-order valence-corrected chi connectivity index (χ3v) is 5.60. The lowest BCUT2D eigenvalue weighted by atomic mass is 10.2. The maximum Gasteiger partial charge on any atom is 0.335 e. The number of nitrogens with zero attached hydrogens (tertiary/aromatic N) is 2. The molecule has 3 rings (SSSR count). The van der Waals surface area contributed by atoms with Crippen LogP contribution in [0, 0.1) is 6.92 Å². The van der Waals surface area contributed by atoms with E-state index in [-0.39, 0.29) is 10.5 Å². The van der Waals surface area contributed by atoms with Crippen LogP contribution in [0.4, 0.5) is 5.69 Å². The van der Waals surface area contributed by atoms with Crippen LogP contribution in [-0.2, 0) is 10.0 Å². The molecule has 29 heavy (non-hydrogen) atoms. The molecule has 1 aromatic heterocycles. The Bertz CT molecular complexity index is 1290. The van der Waals surface area contributed by atoms with E-state index in [4.69, 9.17) is 0 Å². The third-order valence-electron chi connectivity index (χ3n) is 4.17. The maximum absolute atomic E-state index is 12.2. The average Bonchev–Trinajstić information content (AvgIpc) is 2.69. The largest absolute Gasteiger partial charge is 0.493 e. The zero-order valence-corrected chi connectivity index (χ0v) is 16.4. The van der Waals surface area contributed by atoms with Gasteiger partial charge in [-0.25, -0.2) is 22.5 Å². The number of rotatable bonds is 5. The van der Waals surface area contributed by atoms with Gasteiger partial charge in [-0.3, -0.25) is 14.8 Å². The van der Waals surface area contributed by atoms with Crippen LogP contribution in [-0.4, -0.2) is 36.3 Å². The number of H-pyrrole nitrogens is 1. The van der Waals surface area contributed by atoms with Crippen molar-refractivity contribution < 1.29 is 13.5 Å². The number of aromatic amines is 1. The summed E-state index contributed by atoms with van der Waals surface area (Å²) in [7, 11) is -2.27. The summed E-state index contributed by atoms with van der Waals surface area (Å²) in [5.41, 5.74) is -0.0879. The fraction of sp³-hybridized carbons (Fsp3) is 0.105. The van der Waals surface area contributed by atoms with Crippen molar-refractivity contribution in [3.8, 4) is 11.6 Å². The third kappa shape index (κ3) is 4.18. The molecule has 0 fully saturated rings. The number of hydrogen-bond donors (Lipinski definition) is 3. The van der Waals surface area contributed by atoms with Crippen molar-refractivity contribution in [2.45, 2.75) is 11.8 Å². The molecule has 0 amide bonds. The summed E-state index contributed by atoms with van der Waals surface area (Å²) in [4.78, 5) is 30.6. The van der Waals surface area contributed by atoms with E-state index in [0.29, 0.717) is 11.4 Å². The van der Waals surface area contributed by atoms with E-state index in [1.165, 1.54) is 31.3 Å². The van der Waals surface area contributed by atoms with Gasteiger partial charge >= 0.3 is 5.69 Å². The van der Waals surface area contributed by atoms with Crippen molar-refractivity contribution >= 4 is 21.9 Å². The van der Waals surface area contributed by atoms with Gasteiger partial charge < -0.3 is 5.11 Å². The van der Waals surface area contributed by atoms with Gasteiger partial charge in [0.05, 0.1) is 16.3 Å². The fourth-order valence-electron chi connectivity index (χ4n) is 2.56. The number of aromatic hydroxyl groups is 1. The van der Waals surface area contributed by atoms with E-state index in [0.717, 1.165) is 16.3 Å². The predicted octanol–water partition coefficient (Wildman–Crippen LogP) is 1.20. The minimum atomic E-state index is -3.57. The highest BCUT2D eigenvalue weighted by Crippen LogP contribution is 2.19. The first kappa shape index (κ1) is 20.2. The van der Waals surface area contributed by atoms with E-state index in [2.05, 4.69) is 14.7 Å². The maximum atomic E-state index is 12.2. The number of aliphatic imine (C=N–C) groups is 1. The molecule has 0 spiro atoms. The van der Waals surface area contributed by atoms with Crippen LogP contribution in [0.3, 0.4) is 0 Å². The number of aryl methyl sites for hydroxylation is 1. The number of sulfonamides is 1. The standard InChI is InChI=1S/C19H18N4O5S/c1-12-3-7-14(8-4-12)23-18(25)16(17(24)22-19(23)26)11-21-13-5-9-15(10-6-13)29(27,28)20-2/h3-11,20,25H,1-2H3,(H,22,24,26). The van der Waals surface area contributed by atoms with Gasteiger partial charge in [-0.2, -0.15) is 0 Å². The molecule has 0 radical (unpaired) electrons. The SMILES string of the molecule is CNS(=O)(=O)c1ccc(N=Cc2c(O)n(-c3ccc(C)cc3)c(=O)[nH]c2=O)cc1. The number of benzene rings is 2. The molecule has 1 heterocycles. The fourth-order valence-corrected chi connectivity index (χ4v) is 3.29. The van der Waals surface area contributed by atoms with Crippen molar-refractivity contribution in [2.24, 2.45) is 4.99 Å². The molecule has 0 aliphatic heterocycles. The Morgan fingerprint density at radius 2 is 1.69 bits per heavy atom. The minimum Gasteiger partial charge on any atom is -0.493 e. The molecule has 0 aliphatic carbocycles. The van der Waals surface area contributed by atoms with E-state index in [1.54, 1.807) is 24.3 Å². The summed E-state index contributed by atoms with van der Waals surface area (Å²) in [5.74, 6) is -0.555. The first-order valence-electron chi connectivity index (χ1n) is 8.46. The highest BCUT2D eigenvalue weighted by Gasteiger charge is 2.14. The second-order valence-electron chi connectivity index (χ2n) is 6.13. The van der Waals surface area contributed by atoms with Gasteiger partial charge in [0.1, 0.15) is 5.56 Å². The quantitative estimate of drug-likeness (QED) is 0.540. The summed E-state index contributed by atoms with van der Waals surface area (Å²) in [6, 6.07) is 12.4. The van der Waals surface area contributed by atoms with Crippen LogP contribution in [0.1, 0.15) is 11.1 Å². The number of nitrogens with one attached hydrogen (secondary N) is 2. The van der Waals surface area contributed by atoms with Crippen LogP contribution in [0.25, 0.3) is 5.69 Å². The van der Waals surface area contributed by atoms with Gasteiger partial charge in [0.15, 0.2) is 0 Å². The minimum absolute atomic E-state index is 0.0626. The Labute approximate surface area is 166 Å². The summed E-state index contributed by atoms with van der Waals surface area (Å²) in [5, 5.41) is 10.5. The van der Waals surface area contributed by atoms with Crippen LogP contribution in [0.5, 0.6) is 5.88 Å². The van der Waals surface area contributed by atoms with Crippen molar-refractivity contribution in [1.82, 2.24) is 14.3 Å². The molecule has 0 unspecified atom stereocenters. The highest BCUT2D eigenvalue weighted by atomic mass is 32.2. The van der Waals surface area contributed by atoms with E-state index in [9.17, 15) is 23.1 Å². The van der Waals surface area contributed by atoms with Gasteiger partial charge in [-0.1, -0.05) is 17.7 Å². The van der Waals surface area contributed by atoms with Crippen molar-refractivity contribution in [3.05, 3.63) is 80.5 Å². The second kappa shape index (κ2) is 7.86. The van der Waals surface area contributed by atoms with Crippen LogP contribution in [0.2, 0.25) is 0 Å². The molecule has 3 N–H and O–H groups in total. The zero-order valence-electron chi connectivity index (χ0n) is 15.6. The summed E-state index contributed by atoms with van der Waals surface area (Å²) in [6.45, 7) is 1.88. The molecule has 0 atom stereocenters. The molecule has 0 bridgehead atoms. The van der Waals surface area contributed by atoms with Gasteiger partial charge in [0.2, 0.25) is 15.9 Å². The number of aromatic nitrogens is 2. The van der Waals surface area contributed by atoms with Crippen molar-refractivity contribution in [2.75, 3.05) is 7.05 Å². The Morgan fingerprint density at radius 3 is 2.28 bits per heavy atom. The Morgan fingerprint density at radius 1 is 1.07 bits per heavy atom. The molecule has 150 valence electrons. The lowest BCUT2D eigenvalue weighted by Crippen LogP contribution is -2.31. The van der Waals surface area contributed by atoms with Crippen molar-refractivity contribution in [1.29, 1.82) is 0 Å². The highest BCUT2D eigenvalue weighted by molar-refractivity contribution is 7.89. The van der Waals surface area contributed by atoms with Gasteiger partial charge in [-0.05, 0) is 50.4 Å². The summed E-state index contributed by atoms with van der Waals surface area (Å²) >= 11 is 0. The van der Waals surface area contributed by atoms with Gasteiger partial charge in [0, 0.05) is 6.21 Å². The first-order chi connectivity index (χ1) is 13.7. The van der Waals surface area contributed by atoms with E-state index >= 15 is 0 Å². The molecular weight excluding hydrogens is 396 g/mol. The van der Waals surface area contributed by atoms with Crippen LogP contribution < -0.4 is 16.0 Å². The molecule has 3 aromatic rings. The molecule has 0 aliphatic rings. The molecule has 0 saturated carbocycles. The van der Waals surface area contributed by atoms with E-state index in [1.807, 2.05) is 6.92 Å². The summed E-state index contributed by atoms with van der Waals surface area (Å²) in [6.07, 6.45) is 1.11. The van der Waals surface area contributed by atoms with Gasteiger partial charge in [0.25, 0.3) is 5.56 Å². The Kier molecular flexibility index (Phi) is 5.48. The zero-order chi connectivity index (χ0) is 21.2. The van der Waals surface area contributed by atoms with E-state index < -0.39 is 27.2 Å². The molecule has 10 heteroatoms. The second-order valence-corrected chi connectivity index (χ2v) is 8.01. The Hall–Kier alpha value is -3.50. The predicted molar refractivity (Wildman–Crippen MR) is 109 cm³/mol. The van der Waals surface area contributed by atoms with Gasteiger partial charge in [-0.15, -0.1) is 0 Å². The van der Waals surface area contributed by atoms with Crippen molar-refractivity contribution in [3.63, 3.8) is 0 Å². The molecule has 9 nitrogen and oxygen atoms in total. The molecule has 0 saturated heterocycles. The average molecular weight is 414 g/mol. The monoisotopic (exact) mass is 414 g/mol. The normalized spacial score (nSPS) is 11.8. The number of hydrogen-bond acceptors (Lipinski definition) is 6. The topological polar surface area (TPSA) is 134 Å². The molecular formula is C19H18N4O5S. The lowest BCUT2D eigenvalue weighted by molar-refractivity contribution is 0.430. The van der Waals surface area contributed by atoms with Crippen LogP contribution >= 0.6 is 0 Å². The summed E-state index contributed by atoms with van der Waals surface area (Å²) < 4.78 is 26.7. The van der Waals surface area contributed by atoms with Crippen LogP contribution in [0.15, 0.2) is 68.0 Å². The lowest BCUT2D eigenvalue weighted by Gasteiger charge is -2.09. The smallest absolute Gasteiger partial charge is 0.335 e. The first-order valence-corrected chi connectivity index (χ1v) is 9.94.